The molecule has 1 aliphatic heterocycles. The number of urea groups is 1. The van der Waals surface area contributed by atoms with E-state index in [1.54, 1.807) is 4.90 Å². The van der Waals surface area contributed by atoms with Gasteiger partial charge in [-0.1, -0.05) is 32.0 Å². The van der Waals surface area contributed by atoms with Gasteiger partial charge in [0.25, 0.3) is 0 Å². The number of benzene rings is 1. The summed E-state index contributed by atoms with van der Waals surface area (Å²) in [6.45, 7) is 6.89. The van der Waals surface area contributed by atoms with Crippen molar-refractivity contribution in [2.24, 2.45) is 5.92 Å². The molecule has 1 N–H and O–H groups in total. The van der Waals surface area contributed by atoms with Crippen LogP contribution in [0.5, 0.6) is 0 Å². The topological polar surface area (TPSA) is 41.6 Å². The van der Waals surface area contributed by atoms with Gasteiger partial charge < -0.3 is 15.0 Å². The first-order valence-corrected chi connectivity index (χ1v) is 8.80. The van der Waals surface area contributed by atoms with Crippen LogP contribution in [0.1, 0.15) is 51.0 Å². The van der Waals surface area contributed by atoms with Crippen LogP contribution in [0.4, 0.5) is 10.5 Å². The molecule has 1 aromatic carbocycles. The maximum absolute atomic E-state index is 12.4. The van der Waals surface area contributed by atoms with Gasteiger partial charge in [0.1, 0.15) is 0 Å². The van der Waals surface area contributed by atoms with Crippen molar-refractivity contribution in [3.8, 4) is 0 Å². The fourth-order valence-electron chi connectivity index (χ4n) is 2.98. The second-order valence-corrected chi connectivity index (χ2v) is 6.59. The number of carbonyl (C=O) groups is 1. The van der Waals surface area contributed by atoms with Crippen molar-refractivity contribution in [3.05, 3.63) is 29.8 Å². The van der Waals surface area contributed by atoms with Crippen LogP contribution in [0.25, 0.3) is 0 Å². The predicted molar refractivity (Wildman–Crippen MR) is 95.0 cm³/mol. The number of nitrogens with zero attached hydrogens (tertiary/aromatic N) is 1. The average Bonchev–Trinajstić information content (AvgIpc) is 2.60. The Kier molecular flexibility index (Phi) is 6.90. The molecule has 1 atom stereocenters. The molecule has 1 saturated heterocycles. The van der Waals surface area contributed by atoms with E-state index in [1.807, 2.05) is 25.2 Å². The summed E-state index contributed by atoms with van der Waals surface area (Å²) >= 11 is 0. The van der Waals surface area contributed by atoms with E-state index in [4.69, 9.17) is 4.74 Å². The zero-order chi connectivity index (χ0) is 16.7. The number of hydrogen-bond acceptors (Lipinski definition) is 2. The van der Waals surface area contributed by atoms with Crippen molar-refractivity contribution in [1.82, 2.24) is 4.90 Å². The molecule has 0 spiro atoms. The van der Waals surface area contributed by atoms with Gasteiger partial charge in [-0.25, -0.2) is 4.79 Å². The van der Waals surface area contributed by atoms with E-state index in [-0.39, 0.29) is 6.03 Å². The average molecular weight is 318 g/mol. The van der Waals surface area contributed by atoms with Crippen molar-refractivity contribution >= 4 is 11.7 Å². The largest absolute Gasteiger partial charge is 0.381 e. The number of para-hydroxylation sites is 1. The Bertz CT molecular complexity index is 498. The van der Waals surface area contributed by atoms with Gasteiger partial charge in [0.15, 0.2) is 0 Å². The molecule has 0 unspecified atom stereocenters. The van der Waals surface area contributed by atoms with Crippen LogP contribution in [0.15, 0.2) is 24.3 Å². The Balaban J connectivity index is 1.88. The second kappa shape index (κ2) is 8.92. The van der Waals surface area contributed by atoms with E-state index in [9.17, 15) is 4.79 Å². The van der Waals surface area contributed by atoms with E-state index in [0.717, 1.165) is 51.1 Å². The minimum Gasteiger partial charge on any atom is -0.381 e. The lowest BCUT2D eigenvalue weighted by molar-refractivity contribution is 0.0621. The van der Waals surface area contributed by atoms with Crippen molar-refractivity contribution < 1.29 is 9.53 Å². The first-order chi connectivity index (χ1) is 11.1. The van der Waals surface area contributed by atoms with Gasteiger partial charge in [-0.15, -0.1) is 0 Å². The second-order valence-electron chi connectivity index (χ2n) is 6.59. The molecular formula is C19H30N2O2. The zero-order valence-electron chi connectivity index (χ0n) is 14.7. The Morgan fingerprint density at radius 3 is 2.74 bits per heavy atom. The summed E-state index contributed by atoms with van der Waals surface area (Å²) in [5, 5.41) is 3.08. The van der Waals surface area contributed by atoms with Gasteiger partial charge in [0.2, 0.25) is 0 Å². The van der Waals surface area contributed by atoms with Crippen LogP contribution < -0.4 is 5.32 Å². The molecule has 2 amide bonds. The lowest BCUT2D eigenvalue weighted by Crippen LogP contribution is -2.34. The van der Waals surface area contributed by atoms with Crippen LogP contribution >= 0.6 is 0 Å². The van der Waals surface area contributed by atoms with Gasteiger partial charge in [-0.05, 0) is 49.1 Å². The van der Waals surface area contributed by atoms with E-state index in [1.165, 1.54) is 5.56 Å². The summed E-state index contributed by atoms with van der Waals surface area (Å²) in [7, 11) is 1.88. The highest BCUT2D eigenvalue weighted by Crippen LogP contribution is 2.26. The van der Waals surface area contributed by atoms with Crippen LogP contribution in [0.2, 0.25) is 0 Å². The molecule has 23 heavy (non-hydrogen) atoms. The SMILES string of the molecule is CC[C@H](C)c1ccccc1NC(=O)N(C)CCC1CCOCC1. The highest BCUT2D eigenvalue weighted by atomic mass is 16.5. The molecule has 1 aromatic rings. The number of anilines is 1. The van der Waals surface area contributed by atoms with Gasteiger partial charge in [0.05, 0.1) is 0 Å². The molecule has 0 bridgehead atoms. The molecule has 0 aromatic heterocycles. The van der Waals surface area contributed by atoms with E-state index < -0.39 is 0 Å². The van der Waals surface area contributed by atoms with Crippen LogP contribution in [0, 0.1) is 5.92 Å². The first kappa shape index (κ1) is 17.8. The third-order valence-electron chi connectivity index (χ3n) is 4.91. The molecule has 0 saturated carbocycles. The number of amides is 2. The highest BCUT2D eigenvalue weighted by molar-refractivity contribution is 5.90. The van der Waals surface area contributed by atoms with Gasteiger partial charge in [-0.2, -0.15) is 0 Å². The molecule has 4 nitrogen and oxygen atoms in total. The Morgan fingerprint density at radius 2 is 2.04 bits per heavy atom. The lowest BCUT2D eigenvalue weighted by Gasteiger charge is -2.25. The normalized spacial score (nSPS) is 16.8. The number of rotatable bonds is 6. The summed E-state index contributed by atoms with van der Waals surface area (Å²) in [5.41, 5.74) is 2.14. The van der Waals surface area contributed by atoms with Gasteiger partial charge in [0, 0.05) is 32.5 Å². The van der Waals surface area contributed by atoms with Crippen molar-refractivity contribution in [2.45, 2.75) is 45.4 Å². The molecule has 128 valence electrons. The van der Waals surface area contributed by atoms with Crippen LogP contribution in [-0.2, 0) is 4.74 Å². The lowest BCUT2D eigenvalue weighted by atomic mass is 9.96. The number of ether oxygens (including phenoxy) is 1. The predicted octanol–water partition coefficient (Wildman–Crippen LogP) is 4.48. The summed E-state index contributed by atoms with van der Waals surface area (Å²) < 4.78 is 5.39. The van der Waals surface area contributed by atoms with Crippen LogP contribution in [-0.4, -0.2) is 37.7 Å². The van der Waals surface area contributed by atoms with Gasteiger partial charge >= 0.3 is 6.03 Å². The summed E-state index contributed by atoms with van der Waals surface area (Å²) in [6, 6.07) is 8.08. The van der Waals surface area contributed by atoms with Crippen molar-refractivity contribution in [2.75, 3.05) is 32.1 Å². The zero-order valence-corrected chi connectivity index (χ0v) is 14.7. The first-order valence-electron chi connectivity index (χ1n) is 8.80. The monoisotopic (exact) mass is 318 g/mol. The molecule has 2 rings (SSSR count). The molecule has 0 radical (unpaired) electrons. The Morgan fingerprint density at radius 1 is 1.35 bits per heavy atom. The summed E-state index contributed by atoms with van der Waals surface area (Å²) in [5.74, 6) is 1.13. The maximum atomic E-state index is 12.4. The highest BCUT2D eigenvalue weighted by Gasteiger charge is 2.17. The molecule has 1 fully saturated rings. The Hall–Kier alpha value is -1.55. The fraction of sp³-hybridized carbons (Fsp3) is 0.632. The molecule has 1 heterocycles. The van der Waals surface area contributed by atoms with E-state index in [2.05, 4.69) is 25.2 Å². The smallest absolute Gasteiger partial charge is 0.321 e. The number of nitrogens with one attached hydrogen (secondary N) is 1. The quantitative estimate of drug-likeness (QED) is 0.840. The molecule has 1 aliphatic rings. The van der Waals surface area contributed by atoms with Crippen LogP contribution in [0.3, 0.4) is 0 Å². The summed E-state index contributed by atoms with van der Waals surface area (Å²) in [4.78, 5) is 14.2. The number of carbonyl (C=O) groups excluding carboxylic acids is 1. The van der Waals surface area contributed by atoms with Gasteiger partial charge in [-0.3, -0.25) is 0 Å². The summed E-state index contributed by atoms with van der Waals surface area (Å²) in [6.07, 6.45) is 4.35. The minimum atomic E-state index is -0.0205. The standard InChI is InChI=1S/C19H30N2O2/c1-4-15(2)17-7-5-6-8-18(17)20-19(22)21(3)12-9-16-10-13-23-14-11-16/h5-8,15-16H,4,9-14H2,1-3H3,(H,20,22)/t15-/m0/s1. The van der Waals surface area contributed by atoms with Crippen molar-refractivity contribution in [1.29, 1.82) is 0 Å². The van der Waals surface area contributed by atoms with Crippen molar-refractivity contribution in [3.63, 3.8) is 0 Å². The third-order valence-corrected chi connectivity index (χ3v) is 4.91. The third kappa shape index (κ3) is 5.24. The Labute approximate surface area is 140 Å². The molecule has 4 heteroatoms. The van der Waals surface area contributed by atoms with E-state index in [0.29, 0.717) is 11.8 Å². The molecule has 0 aliphatic carbocycles. The fourth-order valence-corrected chi connectivity index (χ4v) is 2.98. The van der Waals surface area contributed by atoms with E-state index >= 15 is 0 Å². The maximum Gasteiger partial charge on any atom is 0.321 e. The number of hydrogen-bond donors (Lipinski definition) is 1. The minimum absolute atomic E-state index is 0.0205. The molecular weight excluding hydrogens is 288 g/mol.